The van der Waals surface area contributed by atoms with Gasteiger partial charge in [-0.1, -0.05) is 35.9 Å². The molecule has 146 valence electrons. The molecule has 0 spiro atoms. The van der Waals surface area contributed by atoms with Crippen molar-refractivity contribution in [2.45, 2.75) is 12.8 Å². The maximum absolute atomic E-state index is 12.8. The number of hydrogen-bond acceptors (Lipinski definition) is 4. The lowest BCUT2D eigenvalue weighted by molar-refractivity contribution is 0.0601. The van der Waals surface area contributed by atoms with Crippen LogP contribution in [0.5, 0.6) is 0 Å². The molecule has 2 amide bonds. The van der Waals surface area contributed by atoms with Crippen LogP contribution in [0.1, 0.15) is 33.6 Å². The molecule has 1 atom stereocenters. The molecule has 1 N–H and O–H groups in total. The van der Waals surface area contributed by atoms with Crippen LogP contribution in [-0.4, -0.2) is 42.9 Å². The maximum atomic E-state index is 12.8. The van der Waals surface area contributed by atoms with Gasteiger partial charge in [0.25, 0.3) is 0 Å². The van der Waals surface area contributed by atoms with Crippen molar-refractivity contribution in [1.82, 2.24) is 4.90 Å². The number of esters is 1. The third-order valence-electron chi connectivity index (χ3n) is 4.76. The number of amides is 2. The second-order valence-electron chi connectivity index (χ2n) is 6.63. The van der Waals surface area contributed by atoms with Crippen LogP contribution in [0.25, 0.3) is 0 Å². The number of benzene rings is 2. The van der Waals surface area contributed by atoms with Crippen LogP contribution in [0.3, 0.4) is 0 Å². The van der Waals surface area contributed by atoms with E-state index in [2.05, 4.69) is 5.32 Å². The molecule has 2 aromatic carbocycles. The standard InChI is InChI=1S/C21H21ClN2O4/c1-28-20(26)17-9-2-3-10-18(17)23-21(27)24-11-5-7-15(13-24)19(25)14-6-4-8-16(22)12-14/h2-4,6,8-10,12,15H,5,7,11,13H2,1H3,(H,23,27). The van der Waals surface area contributed by atoms with Gasteiger partial charge in [-0.25, -0.2) is 9.59 Å². The number of methoxy groups -OCH3 is 1. The molecule has 3 rings (SSSR count). The maximum Gasteiger partial charge on any atom is 0.339 e. The number of hydrogen-bond donors (Lipinski definition) is 1. The van der Waals surface area contributed by atoms with Crippen LogP contribution in [0.15, 0.2) is 48.5 Å². The molecule has 6 nitrogen and oxygen atoms in total. The van der Waals surface area contributed by atoms with Crippen LogP contribution in [0, 0.1) is 5.92 Å². The van der Waals surface area contributed by atoms with E-state index in [1.807, 2.05) is 0 Å². The highest BCUT2D eigenvalue weighted by Crippen LogP contribution is 2.24. The second-order valence-corrected chi connectivity index (χ2v) is 7.06. The number of nitrogens with zero attached hydrogens (tertiary/aromatic N) is 1. The van der Waals surface area contributed by atoms with Crippen molar-refractivity contribution in [3.63, 3.8) is 0 Å². The number of urea groups is 1. The number of ether oxygens (including phenoxy) is 1. The Morgan fingerprint density at radius 1 is 1.14 bits per heavy atom. The molecule has 1 heterocycles. The molecule has 0 aromatic heterocycles. The van der Waals surface area contributed by atoms with Gasteiger partial charge in [0, 0.05) is 29.6 Å². The summed E-state index contributed by atoms with van der Waals surface area (Å²) in [5.41, 5.74) is 1.21. The number of anilines is 1. The molecule has 1 aliphatic heterocycles. The van der Waals surface area contributed by atoms with E-state index in [-0.39, 0.29) is 23.3 Å². The molecule has 28 heavy (non-hydrogen) atoms. The lowest BCUT2D eigenvalue weighted by Gasteiger charge is -2.32. The van der Waals surface area contributed by atoms with Crippen molar-refractivity contribution < 1.29 is 19.1 Å². The Balaban J connectivity index is 1.70. The molecule has 2 aromatic rings. The lowest BCUT2D eigenvalue weighted by Crippen LogP contribution is -2.44. The number of ketones is 1. The number of carbonyl (C=O) groups is 3. The predicted molar refractivity (Wildman–Crippen MR) is 107 cm³/mol. The minimum Gasteiger partial charge on any atom is -0.465 e. The van der Waals surface area contributed by atoms with Gasteiger partial charge in [-0.05, 0) is 37.1 Å². The summed E-state index contributed by atoms with van der Waals surface area (Å²) in [5, 5.41) is 3.27. The van der Waals surface area contributed by atoms with E-state index in [0.29, 0.717) is 35.8 Å². The van der Waals surface area contributed by atoms with E-state index in [1.165, 1.54) is 7.11 Å². The van der Waals surface area contributed by atoms with Gasteiger partial charge in [-0.3, -0.25) is 4.79 Å². The first-order valence-electron chi connectivity index (χ1n) is 9.02. The van der Waals surface area contributed by atoms with E-state index < -0.39 is 5.97 Å². The summed E-state index contributed by atoms with van der Waals surface area (Å²) in [6.07, 6.45) is 1.44. The van der Waals surface area contributed by atoms with Crippen LogP contribution in [0.4, 0.5) is 10.5 Å². The number of piperidine rings is 1. The zero-order valence-corrected chi connectivity index (χ0v) is 16.2. The van der Waals surface area contributed by atoms with E-state index in [4.69, 9.17) is 16.3 Å². The van der Waals surface area contributed by atoms with Gasteiger partial charge in [-0.15, -0.1) is 0 Å². The summed E-state index contributed by atoms with van der Waals surface area (Å²) < 4.78 is 4.75. The zero-order valence-electron chi connectivity index (χ0n) is 15.5. The molecule has 1 fully saturated rings. The van der Waals surface area contributed by atoms with E-state index >= 15 is 0 Å². The van der Waals surface area contributed by atoms with Crippen molar-refractivity contribution in [3.8, 4) is 0 Å². The van der Waals surface area contributed by atoms with E-state index in [1.54, 1.807) is 53.4 Å². The van der Waals surface area contributed by atoms with Crippen molar-refractivity contribution in [2.75, 3.05) is 25.5 Å². The highest BCUT2D eigenvalue weighted by molar-refractivity contribution is 6.31. The van der Waals surface area contributed by atoms with Gasteiger partial charge in [0.05, 0.1) is 18.4 Å². The number of para-hydroxylation sites is 1. The minimum absolute atomic E-state index is 0.0186. The fraction of sp³-hybridized carbons (Fsp3) is 0.286. The molecule has 0 bridgehead atoms. The first-order valence-corrected chi connectivity index (χ1v) is 9.40. The Morgan fingerprint density at radius 2 is 1.93 bits per heavy atom. The van der Waals surface area contributed by atoms with Crippen LogP contribution >= 0.6 is 11.6 Å². The molecule has 7 heteroatoms. The number of likely N-dealkylation sites (tertiary alicyclic amines) is 1. The Bertz CT molecular complexity index is 899. The highest BCUT2D eigenvalue weighted by atomic mass is 35.5. The normalized spacial score (nSPS) is 16.4. The molecule has 0 aliphatic carbocycles. The summed E-state index contributed by atoms with van der Waals surface area (Å²) in [4.78, 5) is 39.0. The first-order chi connectivity index (χ1) is 13.5. The predicted octanol–water partition coefficient (Wildman–Crippen LogP) is 4.25. The summed E-state index contributed by atoms with van der Waals surface area (Å²) in [7, 11) is 1.29. The SMILES string of the molecule is COC(=O)c1ccccc1NC(=O)N1CCCC(C(=O)c2cccc(Cl)c2)C1. The largest absolute Gasteiger partial charge is 0.465 e. The minimum atomic E-state index is -0.524. The van der Waals surface area contributed by atoms with Gasteiger partial charge < -0.3 is 15.0 Å². The van der Waals surface area contributed by atoms with Gasteiger partial charge in [0.2, 0.25) is 0 Å². The summed E-state index contributed by atoms with van der Waals surface area (Å²) >= 11 is 5.99. The van der Waals surface area contributed by atoms with Gasteiger partial charge >= 0.3 is 12.0 Å². The molecule has 1 aliphatic rings. The second kappa shape index (κ2) is 8.89. The molecular formula is C21H21ClN2O4. The third kappa shape index (κ3) is 4.51. The Kier molecular flexibility index (Phi) is 6.31. The average molecular weight is 401 g/mol. The fourth-order valence-electron chi connectivity index (χ4n) is 3.33. The number of Topliss-reactive ketones (excluding diaryl/α,β-unsaturated/α-hetero) is 1. The third-order valence-corrected chi connectivity index (χ3v) is 5.00. The molecule has 1 unspecified atom stereocenters. The monoisotopic (exact) mass is 400 g/mol. The van der Waals surface area contributed by atoms with Crippen molar-refractivity contribution >= 4 is 35.1 Å². The van der Waals surface area contributed by atoms with Crippen LogP contribution in [0.2, 0.25) is 5.02 Å². The van der Waals surface area contributed by atoms with Gasteiger partial charge in [0.1, 0.15) is 0 Å². The fourth-order valence-corrected chi connectivity index (χ4v) is 3.52. The van der Waals surface area contributed by atoms with Crippen LogP contribution < -0.4 is 5.32 Å². The molecule has 0 saturated carbocycles. The number of rotatable bonds is 4. The van der Waals surface area contributed by atoms with E-state index in [0.717, 1.165) is 6.42 Å². The average Bonchev–Trinajstić information content (AvgIpc) is 2.73. The summed E-state index contributed by atoms with van der Waals surface area (Å²) in [6.45, 7) is 0.864. The highest BCUT2D eigenvalue weighted by Gasteiger charge is 2.29. The summed E-state index contributed by atoms with van der Waals surface area (Å²) in [6, 6.07) is 13.2. The molecular weight excluding hydrogens is 380 g/mol. The van der Waals surface area contributed by atoms with Gasteiger partial charge in [-0.2, -0.15) is 0 Å². The van der Waals surface area contributed by atoms with Crippen molar-refractivity contribution in [1.29, 1.82) is 0 Å². The van der Waals surface area contributed by atoms with Crippen molar-refractivity contribution in [2.24, 2.45) is 5.92 Å². The Morgan fingerprint density at radius 3 is 2.68 bits per heavy atom. The van der Waals surface area contributed by atoms with Crippen molar-refractivity contribution in [3.05, 3.63) is 64.7 Å². The number of nitrogens with one attached hydrogen (secondary N) is 1. The van der Waals surface area contributed by atoms with E-state index in [9.17, 15) is 14.4 Å². The molecule has 1 saturated heterocycles. The Labute approximate surface area is 168 Å². The van der Waals surface area contributed by atoms with Gasteiger partial charge in [0.15, 0.2) is 5.78 Å². The first kappa shape index (κ1) is 19.9. The smallest absolute Gasteiger partial charge is 0.339 e. The van der Waals surface area contributed by atoms with Crippen LogP contribution in [-0.2, 0) is 4.74 Å². The molecule has 0 radical (unpaired) electrons. The summed E-state index contributed by atoms with van der Waals surface area (Å²) in [5.74, 6) is -0.827. The topological polar surface area (TPSA) is 75.7 Å². The number of carbonyl (C=O) groups excluding carboxylic acids is 3. The zero-order chi connectivity index (χ0) is 20.1. The quantitative estimate of drug-likeness (QED) is 0.614. The number of halogens is 1. The lowest BCUT2D eigenvalue weighted by atomic mass is 9.90. The Hall–Kier alpha value is -2.86.